The lowest BCUT2D eigenvalue weighted by Gasteiger charge is -2.36. The number of nitrogens with one attached hydrogen (secondary N) is 2. The number of ketones is 1. The van der Waals surface area contributed by atoms with Gasteiger partial charge in [0.1, 0.15) is 11.7 Å². The molecule has 1 saturated heterocycles. The zero-order valence-corrected chi connectivity index (χ0v) is 22.2. The average Bonchev–Trinajstić information content (AvgIpc) is 3.11. The second kappa shape index (κ2) is 11.8. The summed E-state index contributed by atoms with van der Waals surface area (Å²) >= 11 is 0. The Hall–Kier alpha value is -4.74. The largest absolute Gasteiger partial charge is 0.363 e. The summed E-state index contributed by atoms with van der Waals surface area (Å²) in [5.74, 6) is -5.93. The maximum absolute atomic E-state index is 15.3. The summed E-state index contributed by atoms with van der Waals surface area (Å²) in [4.78, 5) is 48.3. The van der Waals surface area contributed by atoms with E-state index >= 15 is 4.39 Å². The first-order chi connectivity index (χ1) is 19.7. The molecule has 0 saturated carbocycles. The lowest BCUT2D eigenvalue weighted by Crippen LogP contribution is -2.48. The van der Waals surface area contributed by atoms with E-state index in [0.29, 0.717) is 17.0 Å². The first kappa shape index (κ1) is 27.8. The predicted octanol–water partition coefficient (Wildman–Crippen LogP) is 3.40. The highest BCUT2D eigenvalue weighted by atomic mass is 19.2. The topological polar surface area (TPSA) is 107 Å². The average molecular weight is 565 g/mol. The molecule has 9 nitrogen and oxygen atoms in total. The Labute approximate surface area is 234 Å². The molecule has 0 spiro atoms. The molecular weight excluding hydrogens is 537 g/mol. The van der Waals surface area contributed by atoms with E-state index in [4.69, 9.17) is 0 Å². The van der Waals surface area contributed by atoms with Gasteiger partial charge in [0.2, 0.25) is 17.6 Å². The Bertz CT molecular complexity index is 1520. The molecule has 1 unspecified atom stereocenters. The number of carbonyl (C=O) groups excluding carboxylic acids is 3. The first-order valence-electron chi connectivity index (χ1n) is 13.1. The number of benzene rings is 2. The van der Waals surface area contributed by atoms with Crippen LogP contribution >= 0.6 is 0 Å². The number of piperazine rings is 1. The Balaban J connectivity index is 1.32. The number of aromatic nitrogens is 1. The van der Waals surface area contributed by atoms with E-state index in [1.54, 1.807) is 12.1 Å². The molecule has 212 valence electrons. The van der Waals surface area contributed by atoms with E-state index in [-0.39, 0.29) is 38.5 Å². The number of aliphatic imine (C=N–C) groups is 1. The quantitative estimate of drug-likeness (QED) is 0.426. The molecule has 1 atom stereocenters. The summed E-state index contributed by atoms with van der Waals surface area (Å²) in [7, 11) is 0. The molecular formula is C29H27F3N6O3. The van der Waals surface area contributed by atoms with Crippen LogP contribution in [0.2, 0.25) is 0 Å². The minimum absolute atomic E-state index is 0.0934. The third kappa shape index (κ3) is 5.91. The number of rotatable bonds is 7. The number of anilines is 3. The highest BCUT2D eigenvalue weighted by molar-refractivity contribution is 6.20. The van der Waals surface area contributed by atoms with Crippen molar-refractivity contribution in [1.29, 1.82) is 0 Å². The van der Waals surface area contributed by atoms with Crippen LogP contribution in [0.4, 0.5) is 30.4 Å². The fraction of sp³-hybridized carbons (Fsp3) is 0.276. The first-order valence-corrected chi connectivity index (χ1v) is 13.1. The third-order valence-corrected chi connectivity index (χ3v) is 7.00. The van der Waals surface area contributed by atoms with Crippen molar-refractivity contribution in [3.8, 4) is 0 Å². The Morgan fingerprint density at radius 3 is 2.37 bits per heavy atom. The second-order valence-corrected chi connectivity index (χ2v) is 9.71. The Morgan fingerprint density at radius 2 is 1.66 bits per heavy atom. The fourth-order valence-corrected chi connectivity index (χ4v) is 4.88. The van der Waals surface area contributed by atoms with Crippen molar-refractivity contribution in [2.45, 2.75) is 19.4 Å². The highest BCUT2D eigenvalue weighted by Crippen LogP contribution is 2.30. The minimum Gasteiger partial charge on any atom is -0.363 e. The summed E-state index contributed by atoms with van der Waals surface area (Å²) in [6.07, 6.45) is -0.325. The molecule has 0 bridgehead atoms. The number of halogens is 3. The molecule has 2 aromatic carbocycles. The van der Waals surface area contributed by atoms with Gasteiger partial charge in [-0.15, -0.1) is 0 Å². The summed E-state index contributed by atoms with van der Waals surface area (Å²) in [6.45, 7) is 1.52. The van der Waals surface area contributed by atoms with Crippen LogP contribution in [0.5, 0.6) is 0 Å². The molecule has 3 heterocycles. The van der Waals surface area contributed by atoms with Crippen LogP contribution in [0.1, 0.15) is 24.5 Å². The summed E-state index contributed by atoms with van der Waals surface area (Å²) in [5, 5.41) is 5.26. The molecule has 0 radical (unpaired) electrons. The highest BCUT2D eigenvalue weighted by Gasteiger charge is 2.30. The van der Waals surface area contributed by atoms with Crippen molar-refractivity contribution >= 4 is 40.5 Å². The van der Waals surface area contributed by atoms with Gasteiger partial charge >= 0.3 is 0 Å². The molecule has 2 aliphatic heterocycles. The fourth-order valence-electron chi connectivity index (χ4n) is 4.88. The van der Waals surface area contributed by atoms with Gasteiger partial charge in [-0.3, -0.25) is 19.4 Å². The molecule has 1 aromatic heterocycles. The van der Waals surface area contributed by atoms with Crippen molar-refractivity contribution in [3.05, 3.63) is 83.3 Å². The molecule has 12 heteroatoms. The second-order valence-electron chi connectivity index (χ2n) is 9.71. The van der Waals surface area contributed by atoms with Gasteiger partial charge in [-0.05, 0) is 6.07 Å². The summed E-state index contributed by atoms with van der Waals surface area (Å²) in [6, 6.07) is 15.3. The van der Waals surface area contributed by atoms with Crippen LogP contribution in [0.3, 0.4) is 0 Å². The van der Waals surface area contributed by atoms with E-state index in [9.17, 15) is 23.2 Å². The van der Waals surface area contributed by atoms with Gasteiger partial charge in [0.15, 0.2) is 17.4 Å². The van der Waals surface area contributed by atoms with Crippen LogP contribution < -0.4 is 15.5 Å². The van der Waals surface area contributed by atoms with Gasteiger partial charge in [0.25, 0.3) is 5.95 Å². The maximum atomic E-state index is 15.3. The molecule has 2 N–H and O–H groups in total. The van der Waals surface area contributed by atoms with Gasteiger partial charge in [-0.1, -0.05) is 48.5 Å². The normalized spacial score (nSPS) is 16.8. The van der Waals surface area contributed by atoms with Crippen molar-refractivity contribution in [2.24, 2.45) is 4.99 Å². The zero-order valence-electron chi connectivity index (χ0n) is 22.2. The van der Waals surface area contributed by atoms with Crippen LogP contribution in [-0.4, -0.2) is 72.0 Å². The van der Waals surface area contributed by atoms with Gasteiger partial charge in [0.05, 0.1) is 17.9 Å². The smallest absolute Gasteiger partial charge is 0.253 e. The van der Waals surface area contributed by atoms with Gasteiger partial charge in [-0.2, -0.15) is 13.8 Å². The van der Waals surface area contributed by atoms with E-state index in [0.717, 1.165) is 5.56 Å². The number of nitrogens with zero attached hydrogens (tertiary/aromatic N) is 4. The molecule has 0 aliphatic carbocycles. The molecule has 2 amide bonds. The standard InChI is InChI=1S/C29H27F3N6O3/c1-17(39)37-11-13-38(14-12-37)26-23(30)27(32)36-28(24(26)31)33-16-19(40)15-22-29(41)35-21-10-6-5-9-20(21)25(34-22)18-7-3-2-4-8-18/h2-10,22H,11-16H2,1H3,(H,33,36)(H,35,41). The van der Waals surface area contributed by atoms with Crippen molar-refractivity contribution in [1.82, 2.24) is 9.88 Å². The van der Waals surface area contributed by atoms with E-state index in [1.807, 2.05) is 42.5 Å². The summed E-state index contributed by atoms with van der Waals surface area (Å²) < 4.78 is 44.3. The third-order valence-electron chi connectivity index (χ3n) is 7.00. The van der Waals surface area contributed by atoms with Crippen LogP contribution in [0.25, 0.3) is 0 Å². The van der Waals surface area contributed by atoms with Crippen LogP contribution in [-0.2, 0) is 14.4 Å². The molecule has 41 heavy (non-hydrogen) atoms. The van der Waals surface area contributed by atoms with Crippen LogP contribution in [0.15, 0.2) is 59.6 Å². The Kier molecular flexibility index (Phi) is 7.99. The number of Topliss-reactive ketones (excluding diaryl/α,β-unsaturated/α-hetero) is 1. The van der Waals surface area contributed by atoms with Crippen molar-refractivity contribution in [2.75, 3.05) is 48.3 Å². The number of hydrogen-bond acceptors (Lipinski definition) is 7. The number of para-hydroxylation sites is 1. The number of amides is 2. The van der Waals surface area contributed by atoms with Gasteiger partial charge in [-0.25, -0.2) is 4.39 Å². The lowest BCUT2D eigenvalue weighted by molar-refractivity contribution is -0.129. The van der Waals surface area contributed by atoms with E-state index in [2.05, 4.69) is 20.6 Å². The van der Waals surface area contributed by atoms with Crippen molar-refractivity contribution < 1.29 is 27.6 Å². The molecule has 2 aliphatic rings. The monoisotopic (exact) mass is 564 g/mol. The zero-order chi connectivity index (χ0) is 29.1. The van der Waals surface area contributed by atoms with Gasteiger partial charge < -0.3 is 20.4 Å². The Morgan fingerprint density at radius 1 is 0.976 bits per heavy atom. The molecule has 5 rings (SSSR count). The van der Waals surface area contributed by atoms with E-state index in [1.165, 1.54) is 16.7 Å². The van der Waals surface area contributed by atoms with Crippen LogP contribution in [0, 0.1) is 17.6 Å². The lowest BCUT2D eigenvalue weighted by atomic mass is 10.0. The number of fused-ring (bicyclic) bond motifs is 1. The molecule has 3 aromatic rings. The predicted molar refractivity (Wildman–Crippen MR) is 148 cm³/mol. The number of pyridine rings is 1. The summed E-state index contributed by atoms with van der Waals surface area (Å²) in [5.41, 5.74) is 1.93. The van der Waals surface area contributed by atoms with E-state index < -0.39 is 53.4 Å². The number of carbonyl (C=O) groups is 3. The van der Waals surface area contributed by atoms with Crippen molar-refractivity contribution in [3.63, 3.8) is 0 Å². The number of benzodiazepines with no additional fused rings is 1. The SMILES string of the molecule is CC(=O)N1CCN(c2c(F)c(F)nc(NCC(=O)CC3N=C(c4ccccc4)c4ccccc4NC3=O)c2F)CC1. The molecule has 1 fully saturated rings. The number of hydrogen-bond donors (Lipinski definition) is 2. The minimum atomic E-state index is -1.52. The van der Waals surface area contributed by atoms with Gasteiger partial charge in [0, 0.05) is 50.7 Å². The maximum Gasteiger partial charge on any atom is 0.253 e.